The van der Waals surface area contributed by atoms with Gasteiger partial charge in [-0.1, -0.05) is 30.9 Å². The molecule has 0 radical (unpaired) electrons. The molecule has 2 N–H and O–H groups in total. The van der Waals surface area contributed by atoms with Gasteiger partial charge in [0.05, 0.1) is 0 Å². The van der Waals surface area contributed by atoms with E-state index in [9.17, 15) is 0 Å². The van der Waals surface area contributed by atoms with E-state index in [1.807, 2.05) is 12.1 Å². The fraction of sp³-hybridized carbons (Fsp3) is 0.231. The Kier molecular flexibility index (Phi) is 3.26. The number of aryl methyl sites for hydroxylation is 1. The van der Waals surface area contributed by atoms with Crippen molar-refractivity contribution in [1.82, 2.24) is 0 Å². The molecule has 0 bridgehead atoms. The van der Waals surface area contributed by atoms with Crippen molar-refractivity contribution in [1.29, 1.82) is 0 Å². The summed E-state index contributed by atoms with van der Waals surface area (Å²) in [6, 6.07) is 4.03. The van der Waals surface area contributed by atoms with Crippen LogP contribution in [0, 0.1) is 13.8 Å². The van der Waals surface area contributed by atoms with Gasteiger partial charge in [-0.25, -0.2) is 0 Å². The summed E-state index contributed by atoms with van der Waals surface area (Å²) in [5.74, 6) is 0. The van der Waals surface area contributed by atoms with Crippen LogP contribution in [0.25, 0.3) is 6.08 Å². The van der Waals surface area contributed by atoms with Crippen LogP contribution >= 0.6 is 0 Å². The standard InChI is InChI=1S/C13H17N/c1-5-11-8-7-9(3)10(4)13(11)12(14)6-2/h5-8,12H,1-2,14H2,3-4H3. The van der Waals surface area contributed by atoms with E-state index in [0.717, 1.165) is 11.1 Å². The third kappa shape index (κ3) is 1.78. The van der Waals surface area contributed by atoms with Crippen molar-refractivity contribution in [2.24, 2.45) is 5.73 Å². The molecule has 1 unspecified atom stereocenters. The molecule has 0 saturated carbocycles. The minimum atomic E-state index is -0.108. The maximum atomic E-state index is 5.97. The summed E-state index contributed by atoms with van der Waals surface area (Å²) in [4.78, 5) is 0. The largest absolute Gasteiger partial charge is 0.321 e. The second-order valence-electron chi connectivity index (χ2n) is 3.48. The summed E-state index contributed by atoms with van der Waals surface area (Å²) < 4.78 is 0. The molecule has 0 aliphatic heterocycles. The highest BCUT2D eigenvalue weighted by Gasteiger charge is 2.10. The molecule has 0 fully saturated rings. The van der Waals surface area contributed by atoms with Crippen molar-refractivity contribution in [2.45, 2.75) is 19.9 Å². The van der Waals surface area contributed by atoms with Gasteiger partial charge in [0.25, 0.3) is 0 Å². The van der Waals surface area contributed by atoms with Crippen LogP contribution in [0.3, 0.4) is 0 Å². The van der Waals surface area contributed by atoms with E-state index < -0.39 is 0 Å². The van der Waals surface area contributed by atoms with Crippen LogP contribution in [0.15, 0.2) is 31.4 Å². The van der Waals surface area contributed by atoms with Gasteiger partial charge < -0.3 is 5.73 Å². The first-order valence-electron chi connectivity index (χ1n) is 4.72. The molecule has 0 aliphatic rings. The summed E-state index contributed by atoms with van der Waals surface area (Å²) in [5, 5.41) is 0. The highest BCUT2D eigenvalue weighted by Crippen LogP contribution is 2.24. The van der Waals surface area contributed by atoms with Crippen LogP contribution in [0.4, 0.5) is 0 Å². The van der Waals surface area contributed by atoms with Gasteiger partial charge >= 0.3 is 0 Å². The molecule has 0 aromatic heterocycles. The van der Waals surface area contributed by atoms with Crippen LogP contribution in [-0.4, -0.2) is 0 Å². The van der Waals surface area contributed by atoms with Gasteiger partial charge in [0.15, 0.2) is 0 Å². The van der Waals surface area contributed by atoms with Crippen molar-refractivity contribution in [3.63, 3.8) is 0 Å². The Balaban J connectivity index is 3.42. The lowest BCUT2D eigenvalue weighted by atomic mass is 9.92. The first kappa shape index (κ1) is 10.7. The molecule has 1 rings (SSSR count). The smallest absolute Gasteiger partial charge is 0.0487 e. The minimum Gasteiger partial charge on any atom is -0.321 e. The van der Waals surface area contributed by atoms with Crippen LogP contribution in [0.1, 0.15) is 28.3 Å². The lowest BCUT2D eigenvalue weighted by molar-refractivity contribution is 0.895. The molecule has 0 spiro atoms. The van der Waals surface area contributed by atoms with Crippen LogP contribution in [0.2, 0.25) is 0 Å². The molecule has 1 aromatic carbocycles. The molecule has 0 aliphatic carbocycles. The Morgan fingerprint density at radius 1 is 1.29 bits per heavy atom. The van der Waals surface area contributed by atoms with Gasteiger partial charge in [0.1, 0.15) is 0 Å². The topological polar surface area (TPSA) is 26.0 Å². The average molecular weight is 187 g/mol. The van der Waals surface area contributed by atoms with Gasteiger partial charge in [0.2, 0.25) is 0 Å². The van der Waals surface area contributed by atoms with E-state index in [2.05, 4.69) is 33.1 Å². The highest BCUT2D eigenvalue weighted by molar-refractivity contribution is 5.57. The van der Waals surface area contributed by atoms with Crippen molar-refractivity contribution in [3.8, 4) is 0 Å². The Morgan fingerprint density at radius 3 is 2.43 bits per heavy atom. The molecule has 0 amide bonds. The maximum absolute atomic E-state index is 5.97. The number of hydrogen-bond acceptors (Lipinski definition) is 1. The normalized spacial score (nSPS) is 12.2. The van der Waals surface area contributed by atoms with Gasteiger partial charge in [-0.3, -0.25) is 0 Å². The lowest BCUT2D eigenvalue weighted by Crippen LogP contribution is -2.11. The summed E-state index contributed by atoms with van der Waals surface area (Å²) in [5.41, 5.74) is 10.7. The zero-order valence-corrected chi connectivity index (χ0v) is 8.88. The molecule has 14 heavy (non-hydrogen) atoms. The number of nitrogens with two attached hydrogens (primary N) is 1. The van der Waals surface area contributed by atoms with E-state index in [1.54, 1.807) is 6.08 Å². The SMILES string of the molecule is C=Cc1ccc(C)c(C)c1C(N)C=C. The number of hydrogen-bond donors (Lipinski definition) is 1. The third-order valence-corrected chi connectivity index (χ3v) is 2.63. The molecule has 1 atom stereocenters. The first-order chi connectivity index (χ1) is 6.61. The second kappa shape index (κ2) is 4.25. The number of rotatable bonds is 3. The van der Waals surface area contributed by atoms with E-state index in [0.29, 0.717) is 0 Å². The fourth-order valence-corrected chi connectivity index (χ4v) is 1.60. The highest BCUT2D eigenvalue weighted by atomic mass is 14.6. The average Bonchev–Trinajstić information content (AvgIpc) is 2.20. The van der Waals surface area contributed by atoms with Crippen LogP contribution < -0.4 is 5.73 Å². The van der Waals surface area contributed by atoms with Crippen LogP contribution in [0.5, 0.6) is 0 Å². The Bertz CT molecular complexity index is 364. The van der Waals surface area contributed by atoms with Gasteiger partial charge in [-0.05, 0) is 36.1 Å². The van der Waals surface area contributed by atoms with Gasteiger partial charge in [0, 0.05) is 6.04 Å². The Morgan fingerprint density at radius 2 is 1.93 bits per heavy atom. The summed E-state index contributed by atoms with van der Waals surface area (Å²) >= 11 is 0. The zero-order valence-electron chi connectivity index (χ0n) is 8.88. The lowest BCUT2D eigenvalue weighted by Gasteiger charge is -2.16. The molecule has 1 aromatic rings. The van der Waals surface area contributed by atoms with Gasteiger partial charge in [-0.2, -0.15) is 0 Å². The predicted octanol–water partition coefficient (Wildman–Crippen LogP) is 3.13. The van der Waals surface area contributed by atoms with E-state index >= 15 is 0 Å². The van der Waals surface area contributed by atoms with Gasteiger partial charge in [-0.15, -0.1) is 6.58 Å². The van der Waals surface area contributed by atoms with E-state index in [-0.39, 0.29) is 6.04 Å². The molecule has 74 valence electrons. The molecule has 0 saturated heterocycles. The molecule has 0 heterocycles. The monoisotopic (exact) mass is 187 g/mol. The van der Waals surface area contributed by atoms with Crippen molar-refractivity contribution >= 4 is 6.08 Å². The van der Waals surface area contributed by atoms with Crippen LogP contribution in [-0.2, 0) is 0 Å². The number of benzene rings is 1. The molecular weight excluding hydrogens is 170 g/mol. The van der Waals surface area contributed by atoms with Crippen molar-refractivity contribution < 1.29 is 0 Å². The predicted molar refractivity (Wildman–Crippen MR) is 63.1 cm³/mol. The Hall–Kier alpha value is -1.34. The van der Waals surface area contributed by atoms with E-state index in [4.69, 9.17) is 5.73 Å². The maximum Gasteiger partial charge on any atom is 0.0487 e. The molecular formula is C13H17N. The quantitative estimate of drug-likeness (QED) is 0.723. The van der Waals surface area contributed by atoms with Crippen molar-refractivity contribution in [2.75, 3.05) is 0 Å². The first-order valence-corrected chi connectivity index (χ1v) is 4.72. The summed E-state index contributed by atoms with van der Waals surface area (Å²) in [6.45, 7) is 11.7. The molecule has 1 heteroatoms. The molecule has 1 nitrogen and oxygen atoms in total. The van der Waals surface area contributed by atoms with E-state index in [1.165, 1.54) is 11.1 Å². The van der Waals surface area contributed by atoms with Crippen molar-refractivity contribution in [3.05, 3.63) is 53.6 Å². The summed E-state index contributed by atoms with van der Waals surface area (Å²) in [7, 11) is 0. The Labute approximate surface area is 85.9 Å². The summed E-state index contributed by atoms with van der Waals surface area (Å²) in [6.07, 6.45) is 3.60. The second-order valence-corrected chi connectivity index (χ2v) is 3.48. The minimum absolute atomic E-state index is 0.108. The third-order valence-electron chi connectivity index (χ3n) is 2.63. The fourth-order valence-electron chi connectivity index (χ4n) is 1.60. The zero-order chi connectivity index (χ0) is 10.7.